The maximum absolute atomic E-state index is 11.4. The molecule has 2 rings (SSSR count). The van der Waals surface area contributed by atoms with E-state index in [1.165, 1.54) is 0 Å². The molecule has 0 aromatic heterocycles. The van der Waals surface area contributed by atoms with Crippen LogP contribution in [0.25, 0.3) is 11.1 Å². The fourth-order valence-electron chi connectivity index (χ4n) is 2.69. The van der Waals surface area contributed by atoms with E-state index >= 15 is 0 Å². The number of aliphatic carboxylic acids is 1. The largest absolute Gasteiger partial charge is 0.480 e. The first-order valence-electron chi connectivity index (χ1n) is 7.14. The molecule has 0 radical (unpaired) electrons. The molecule has 110 valence electrons. The van der Waals surface area contributed by atoms with Gasteiger partial charge >= 0.3 is 5.97 Å². The second-order valence-electron chi connectivity index (χ2n) is 5.54. The quantitative estimate of drug-likeness (QED) is 0.880. The molecule has 3 heteroatoms. The highest BCUT2D eigenvalue weighted by molar-refractivity contribution is 5.79. The van der Waals surface area contributed by atoms with Gasteiger partial charge in [-0.3, -0.25) is 4.79 Å². The molecule has 0 aliphatic rings. The molecule has 0 aliphatic heterocycles. The normalized spacial score (nSPS) is 15.2. The molecule has 2 atom stereocenters. The molecule has 0 aliphatic carbocycles. The fourth-order valence-corrected chi connectivity index (χ4v) is 2.69. The Morgan fingerprint density at radius 3 is 2.10 bits per heavy atom. The third kappa shape index (κ3) is 3.14. The average Bonchev–Trinajstić information content (AvgIpc) is 2.49. The summed E-state index contributed by atoms with van der Waals surface area (Å²) in [5.74, 6) is -1.18. The van der Waals surface area contributed by atoms with Gasteiger partial charge in [-0.2, -0.15) is 0 Å². The monoisotopic (exact) mass is 283 g/mol. The highest BCUT2D eigenvalue weighted by atomic mass is 16.4. The molecule has 0 saturated carbocycles. The van der Waals surface area contributed by atoms with Crippen LogP contribution in [0.4, 0.5) is 0 Å². The van der Waals surface area contributed by atoms with Gasteiger partial charge in [0.25, 0.3) is 0 Å². The molecular formula is C18H21NO2. The summed E-state index contributed by atoms with van der Waals surface area (Å²) in [7, 11) is 0. The van der Waals surface area contributed by atoms with Crippen molar-refractivity contribution >= 4 is 5.97 Å². The van der Waals surface area contributed by atoms with Crippen LogP contribution in [0.15, 0.2) is 54.6 Å². The van der Waals surface area contributed by atoms with Gasteiger partial charge in [0, 0.05) is 5.92 Å². The lowest BCUT2D eigenvalue weighted by molar-refractivity contribution is -0.143. The van der Waals surface area contributed by atoms with E-state index in [2.05, 4.69) is 12.1 Å². The minimum Gasteiger partial charge on any atom is -0.480 e. The predicted molar refractivity (Wildman–Crippen MR) is 85.1 cm³/mol. The maximum atomic E-state index is 11.4. The summed E-state index contributed by atoms with van der Waals surface area (Å²) < 4.78 is 0. The molecule has 3 nitrogen and oxygen atoms in total. The van der Waals surface area contributed by atoms with Crippen molar-refractivity contribution in [3.8, 4) is 11.1 Å². The van der Waals surface area contributed by atoms with Crippen molar-refractivity contribution in [2.45, 2.75) is 31.7 Å². The van der Waals surface area contributed by atoms with Crippen LogP contribution >= 0.6 is 0 Å². The van der Waals surface area contributed by atoms with Crippen LogP contribution < -0.4 is 5.73 Å². The van der Waals surface area contributed by atoms with Crippen molar-refractivity contribution in [2.24, 2.45) is 5.73 Å². The summed E-state index contributed by atoms with van der Waals surface area (Å²) in [4.78, 5) is 11.4. The van der Waals surface area contributed by atoms with Crippen molar-refractivity contribution in [3.05, 3.63) is 60.2 Å². The summed E-state index contributed by atoms with van der Waals surface area (Å²) in [6.07, 6.45) is 0.685. The van der Waals surface area contributed by atoms with E-state index < -0.39 is 11.5 Å². The van der Waals surface area contributed by atoms with Gasteiger partial charge in [0.15, 0.2) is 0 Å². The summed E-state index contributed by atoms with van der Waals surface area (Å²) >= 11 is 0. The Balaban J connectivity index is 2.32. The van der Waals surface area contributed by atoms with Crippen molar-refractivity contribution in [1.29, 1.82) is 0 Å². The van der Waals surface area contributed by atoms with Gasteiger partial charge in [0.05, 0.1) is 0 Å². The first-order chi connectivity index (χ1) is 9.96. The SMILES string of the molecule is CCC(c1ccc(-c2ccccc2)cc1)[C@@](C)(N)C(=O)O. The van der Waals surface area contributed by atoms with E-state index in [0.717, 1.165) is 16.7 Å². The molecule has 0 saturated heterocycles. The van der Waals surface area contributed by atoms with E-state index in [9.17, 15) is 9.90 Å². The Hall–Kier alpha value is -2.13. The van der Waals surface area contributed by atoms with E-state index in [0.29, 0.717) is 6.42 Å². The number of carboxylic acids is 1. The van der Waals surface area contributed by atoms with Crippen LogP contribution in [0, 0.1) is 0 Å². The molecular weight excluding hydrogens is 262 g/mol. The lowest BCUT2D eigenvalue weighted by Crippen LogP contribution is -2.50. The summed E-state index contributed by atoms with van der Waals surface area (Å²) in [5.41, 5.74) is 7.96. The maximum Gasteiger partial charge on any atom is 0.324 e. The van der Waals surface area contributed by atoms with Crippen LogP contribution in [-0.4, -0.2) is 16.6 Å². The minimum absolute atomic E-state index is 0.208. The van der Waals surface area contributed by atoms with Crippen LogP contribution in [0.2, 0.25) is 0 Å². The smallest absolute Gasteiger partial charge is 0.324 e. The molecule has 0 spiro atoms. The zero-order valence-corrected chi connectivity index (χ0v) is 12.4. The van der Waals surface area contributed by atoms with Crippen molar-refractivity contribution in [3.63, 3.8) is 0 Å². The van der Waals surface area contributed by atoms with Crippen LogP contribution in [-0.2, 0) is 4.79 Å². The van der Waals surface area contributed by atoms with Crippen LogP contribution in [0.3, 0.4) is 0 Å². The predicted octanol–water partition coefficient (Wildman–Crippen LogP) is 3.65. The molecule has 0 fully saturated rings. The first kappa shape index (κ1) is 15.3. The molecule has 2 aromatic carbocycles. The lowest BCUT2D eigenvalue weighted by atomic mass is 9.79. The second kappa shape index (κ2) is 6.10. The van der Waals surface area contributed by atoms with E-state index in [1.54, 1.807) is 6.92 Å². The van der Waals surface area contributed by atoms with Crippen molar-refractivity contribution in [2.75, 3.05) is 0 Å². The van der Waals surface area contributed by atoms with Gasteiger partial charge < -0.3 is 10.8 Å². The van der Waals surface area contributed by atoms with Gasteiger partial charge in [-0.1, -0.05) is 61.5 Å². The van der Waals surface area contributed by atoms with Gasteiger partial charge in [0.2, 0.25) is 0 Å². The Morgan fingerprint density at radius 1 is 1.10 bits per heavy atom. The lowest BCUT2D eigenvalue weighted by Gasteiger charge is -2.30. The van der Waals surface area contributed by atoms with Crippen molar-refractivity contribution < 1.29 is 9.90 Å². The Kier molecular flexibility index (Phi) is 4.43. The fraction of sp³-hybridized carbons (Fsp3) is 0.278. The number of hydrogen-bond donors (Lipinski definition) is 2. The summed E-state index contributed by atoms with van der Waals surface area (Å²) in [6, 6.07) is 18.1. The average molecular weight is 283 g/mol. The molecule has 3 N–H and O–H groups in total. The molecule has 2 aromatic rings. The number of rotatable bonds is 5. The van der Waals surface area contributed by atoms with Gasteiger partial charge in [-0.15, -0.1) is 0 Å². The number of benzene rings is 2. The van der Waals surface area contributed by atoms with Gasteiger partial charge in [0.1, 0.15) is 5.54 Å². The van der Waals surface area contributed by atoms with Crippen molar-refractivity contribution in [1.82, 2.24) is 0 Å². The summed E-state index contributed by atoms with van der Waals surface area (Å²) in [5, 5.41) is 9.31. The van der Waals surface area contributed by atoms with Crippen LogP contribution in [0.1, 0.15) is 31.7 Å². The zero-order valence-electron chi connectivity index (χ0n) is 12.4. The molecule has 1 unspecified atom stereocenters. The highest BCUT2D eigenvalue weighted by Crippen LogP contribution is 2.31. The number of carbonyl (C=O) groups is 1. The third-order valence-electron chi connectivity index (χ3n) is 4.01. The molecule has 0 amide bonds. The molecule has 0 heterocycles. The molecule has 21 heavy (non-hydrogen) atoms. The number of nitrogens with two attached hydrogens (primary N) is 1. The Morgan fingerprint density at radius 2 is 1.62 bits per heavy atom. The van der Waals surface area contributed by atoms with Crippen LogP contribution in [0.5, 0.6) is 0 Å². The Bertz CT molecular complexity index is 603. The van der Waals surface area contributed by atoms with Gasteiger partial charge in [-0.05, 0) is 30.0 Å². The standard InChI is InChI=1S/C18H21NO2/c1-3-16(18(2,19)17(20)21)15-11-9-14(10-12-15)13-7-5-4-6-8-13/h4-12,16H,3,19H2,1-2H3,(H,20,21)/t16?,18-/m1/s1. The second-order valence-corrected chi connectivity index (χ2v) is 5.54. The summed E-state index contributed by atoms with van der Waals surface area (Å²) in [6.45, 7) is 3.54. The minimum atomic E-state index is -1.26. The van der Waals surface area contributed by atoms with Gasteiger partial charge in [-0.25, -0.2) is 0 Å². The van der Waals surface area contributed by atoms with E-state index in [1.807, 2.05) is 49.4 Å². The first-order valence-corrected chi connectivity index (χ1v) is 7.14. The number of carboxylic acid groups (broad SMARTS) is 1. The zero-order chi connectivity index (χ0) is 15.5. The third-order valence-corrected chi connectivity index (χ3v) is 4.01. The van der Waals surface area contributed by atoms with E-state index in [4.69, 9.17) is 5.73 Å². The Labute approximate surface area is 125 Å². The molecule has 0 bridgehead atoms. The highest BCUT2D eigenvalue weighted by Gasteiger charge is 2.37. The van der Waals surface area contributed by atoms with E-state index in [-0.39, 0.29) is 5.92 Å². The topological polar surface area (TPSA) is 63.3 Å². The number of hydrogen-bond acceptors (Lipinski definition) is 2.